The van der Waals surface area contributed by atoms with Crippen molar-refractivity contribution in [1.82, 2.24) is 15.0 Å². The Morgan fingerprint density at radius 1 is 1.58 bits per heavy atom. The van der Waals surface area contributed by atoms with Gasteiger partial charge in [-0.2, -0.15) is 0 Å². The number of nitrogens with zero attached hydrogens (tertiary/aromatic N) is 2. The molecular formula is C7H8N4S. The Labute approximate surface area is 73.5 Å². The van der Waals surface area contributed by atoms with Gasteiger partial charge < -0.3 is 10.7 Å². The van der Waals surface area contributed by atoms with Crippen molar-refractivity contribution in [2.24, 2.45) is 0 Å². The van der Waals surface area contributed by atoms with Crippen LogP contribution in [0.1, 0.15) is 5.82 Å². The number of nitrogens with two attached hydrogens (primary N) is 1. The highest BCUT2D eigenvalue weighted by atomic mass is 32.1. The predicted molar refractivity (Wildman–Crippen MR) is 48.8 cm³/mol. The summed E-state index contributed by atoms with van der Waals surface area (Å²) in [4.78, 5) is 11.3. The third-order valence-corrected chi connectivity index (χ3v) is 2.17. The van der Waals surface area contributed by atoms with E-state index < -0.39 is 0 Å². The maximum atomic E-state index is 5.50. The summed E-state index contributed by atoms with van der Waals surface area (Å²) >= 11 is 1.43. The monoisotopic (exact) mass is 180 g/mol. The van der Waals surface area contributed by atoms with Crippen LogP contribution < -0.4 is 5.73 Å². The number of hydrogen-bond donors (Lipinski definition) is 2. The standard InChI is InChI=1S/C7H8N4S/c1-4-9-2-5(10-4)6-3-12-7(8)11-6/h2-3H,1H3,(H2,8,11)(H,9,10). The zero-order valence-corrected chi connectivity index (χ0v) is 7.35. The number of aryl methyl sites for hydroxylation is 1. The van der Waals surface area contributed by atoms with Crippen LogP contribution in [0.3, 0.4) is 0 Å². The van der Waals surface area contributed by atoms with Crippen LogP contribution in [-0.2, 0) is 0 Å². The highest BCUT2D eigenvalue weighted by molar-refractivity contribution is 7.13. The lowest BCUT2D eigenvalue weighted by Gasteiger charge is -1.86. The van der Waals surface area contributed by atoms with Gasteiger partial charge in [0.2, 0.25) is 0 Å². The lowest BCUT2D eigenvalue weighted by Crippen LogP contribution is -1.82. The van der Waals surface area contributed by atoms with Crippen molar-refractivity contribution in [3.05, 3.63) is 17.4 Å². The van der Waals surface area contributed by atoms with Crippen LogP contribution in [0.5, 0.6) is 0 Å². The van der Waals surface area contributed by atoms with Crippen molar-refractivity contribution in [1.29, 1.82) is 0 Å². The minimum absolute atomic E-state index is 0.581. The van der Waals surface area contributed by atoms with E-state index in [1.807, 2.05) is 12.3 Å². The van der Waals surface area contributed by atoms with Crippen LogP contribution in [0.4, 0.5) is 5.13 Å². The Hall–Kier alpha value is -1.36. The number of hydrogen-bond acceptors (Lipinski definition) is 4. The third kappa shape index (κ3) is 1.18. The van der Waals surface area contributed by atoms with Gasteiger partial charge in [0.25, 0.3) is 0 Å². The second-order valence-corrected chi connectivity index (χ2v) is 3.34. The topological polar surface area (TPSA) is 67.6 Å². The van der Waals surface area contributed by atoms with Crippen molar-refractivity contribution in [2.45, 2.75) is 6.92 Å². The molecule has 0 fully saturated rings. The van der Waals surface area contributed by atoms with Crippen LogP contribution in [0.25, 0.3) is 11.4 Å². The Morgan fingerprint density at radius 3 is 2.92 bits per heavy atom. The average molecular weight is 180 g/mol. The third-order valence-electron chi connectivity index (χ3n) is 1.50. The highest BCUT2D eigenvalue weighted by Gasteiger charge is 2.03. The highest BCUT2D eigenvalue weighted by Crippen LogP contribution is 2.20. The summed E-state index contributed by atoms with van der Waals surface area (Å²) < 4.78 is 0. The molecule has 0 aromatic carbocycles. The molecule has 0 aliphatic heterocycles. The SMILES string of the molecule is Cc1ncc(-c2csc(N)n2)[nH]1. The summed E-state index contributed by atoms with van der Waals surface area (Å²) in [6.45, 7) is 1.90. The Balaban J connectivity index is 2.43. The molecule has 3 N–H and O–H groups in total. The van der Waals surface area contributed by atoms with Gasteiger partial charge in [-0.1, -0.05) is 0 Å². The first kappa shape index (κ1) is 7.30. The molecule has 2 heterocycles. The molecule has 0 spiro atoms. The minimum atomic E-state index is 0.581. The molecule has 0 amide bonds. The number of imidazole rings is 1. The number of nitrogen functional groups attached to an aromatic ring is 1. The fourth-order valence-corrected chi connectivity index (χ4v) is 1.53. The Bertz CT molecular complexity index is 351. The predicted octanol–water partition coefficient (Wildman–Crippen LogP) is 1.42. The zero-order valence-electron chi connectivity index (χ0n) is 6.53. The van der Waals surface area contributed by atoms with Gasteiger partial charge in [-0.3, -0.25) is 0 Å². The smallest absolute Gasteiger partial charge is 0.180 e. The van der Waals surface area contributed by atoms with Gasteiger partial charge in [0, 0.05) is 5.38 Å². The van der Waals surface area contributed by atoms with Gasteiger partial charge >= 0.3 is 0 Å². The molecule has 0 saturated heterocycles. The number of H-pyrrole nitrogens is 1. The normalized spacial score (nSPS) is 10.4. The molecule has 0 unspecified atom stereocenters. The van der Waals surface area contributed by atoms with Gasteiger partial charge in [0.05, 0.1) is 11.9 Å². The number of aromatic nitrogens is 3. The molecule has 0 atom stereocenters. The molecule has 0 bridgehead atoms. The van der Waals surface area contributed by atoms with Crippen molar-refractivity contribution in [3.63, 3.8) is 0 Å². The summed E-state index contributed by atoms with van der Waals surface area (Å²) in [5.41, 5.74) is 7.27. The van der Waals surface area contributed by atoms with Crippen LogP contribution in [-0.4, -0.2) is 15.0 Å². The van der Waals surface area contributed by atoms with Gasteiger partial charge in [-0.15, -0.1) is 11.3 Å². The molecule has 2 aromatic heterocycles. The summed E-state index contributed by atoms with van der Waals surface area (Å²) in [6.07, 6.45) is 1.75. The fourth-order valence-electron chi connectivity index (χ4n) is 0.962. The lowest BCUT2D eigenvalue weighted by molar-refractivity contribution is 1.15. The molecule has 62 valence electrons. The van der Waals surface area contributed by atoms with Crippen molar-refractivity contribution in [3.8, 4) is 11.4 Å². The largest absolute Gasteiger partial charge is 0.375 e. The Kier molecular flexibility index (Phi) is 1.58. The first-order valence-corrected chi connectivity index (χ1v) is 4.36. The van der Waals surface area contributed by atoms with Crippen molar-refractivity contribution >= 4 is 16.5 Å². The average Bonchev–Trinajstić information content (AvgIpc) is 2.58. The summed E-state index contributed by atoms with van der Waals surface area (Å²) in [5.74, 6) is 0.886. The van der Waals surface area contributed by atoms with E-state index in [0.29, 0.717) is 5.13 Å². The first-order valence-electron chi connectivity index (χ1n) is 3.48. The molecule has 0 saturated carbocycles. The molecule has 12 heavy (non-hydrogen) atoms. The first-order chi connectivity index (χ1) is 5.75. The van der Waals surface area contributed by atoms with E-state index >= 15 is 0 Å². The molecule has 2 rings (SSSR count). The van der Waals surface area contributed by atoms with E-state index in [9.17, 15) is 0 Å². The van der Waals surface area contributed by atoms with E-state index in [1.54, 1.807) is 6.20 Å². The van der Waals surface area contributed by atoms with Crippen molar-refractivity contribution in [2.75, 3.05) is 5.73 Å². The van der Waals surface area contributed by atoms with E-state index in [2.05, 4.69) is 15.0 Å². The summed E-state index contributed by atoms with van der Waals surface area (Å²) in [7, 11) is 0. The van der Waals surface area contributed by atoms with Crippen LogP contribution >= 0.6 is 11.3 Å². The minimum Gasteiger partial charge on any atom is -0.375 e. The molecule has 5 heteroatoms. The van der Waals surface area contributed by atoms with E-state index in [4.69, 9.17) is 5.73 Å². The molecule has 0 aliphatic rings. The number of rotatable bonds is 1. The van der Waals surface area contributed by atoms with E-state index in [-0.39, 0.29) is 0 Å². The number of nitrogens with one attached hydrogen (secondary N) is 1. The van der Waals surface area contributed by atoms with Gasteiger partial charge in [-0.25, -0.2) is 9.97 Å². The fraction of sp³-hybridized carbons (Fsp3) is 0.143. The molecule has 0 aliphatic carbocycles. The second kappa shape index (κ2) is 2.60. The summed E-state index contributed by atoms with van der Waals surface area (Å²) in [5, 5.41) is 2.49. The number of aromatic amines is 1. The summed E-state index contributed by atoms with van der Waals surface area (Å²) in [6, 6.07) is 0. The van der Waals surface area contributed by atoms with E-state index in [0.717, 1.165) is 17.2 Å². The van der Waals surface area contributed by atoms with Crippen molar-refractivity contribution < 1.29 is 0 Å². The van der Waals surface area contributed by atoms with Crippen LogP contribution in [0.2, 0.25) is 0 Å². The quantitative estimate of drug-likeness (QED) is 0.697. The van der Waals surface area contributed by atoms with Crippen LogP contribution in [0.15, 0.2) is 11.6 Å². The van der Waals surface area contributed by atoms with E-state index in [1.165, 1.54) is 11.3 Å². The lowest BCUT2D eigenvalue weighted by atomic mass is 10.4. The molecular weight excluding hydrogens is 172 g/mol. The van der Waals surface area contributed by atoms with Gasteiger partial charge in [0.1, 0.15) is 11.5 Å². The maximum Gasteiger partial charge on any atom is 0.180 e. The number of thiazole rings is 1. The zero-order chi connectivity index (χ0) is 8.55. The van der Waals surface area contributed by atoms with Crippen LogP contribution in [0, 0.1) is 6.92 Å². The molecule has 0 radical (unpaired) electrons. The maximum absolute atomic E-state index is 5.50. The molecule has 2 aromatic rings. The van der Waals surface area contributed by atoms with Gasteiger partial charge in [0.15, 0.2) is 5.13 Å². The molecule has 4 nitrogen and oxygen atoms in total. The Morgan fingerprint density at radius 2 is 2.42 bits per heavy atom. The second-order valence-electron chi connectivity index (χ2n) is 2.45. The van der Waals surface area contributed by atoms with Gasteiger partial charge in [-0.05, 0) is 6.92 Å². The number of anilines is 1.